The first-order valence-electron chi connectivity index (χ1n) is 10.4. The van der Waals surface area contributed by atoms with Gasteiger partial charge in [-0.1, -0.05) is 82.9 Å². The molecule has 0 amide bonds. The second-order valence-corrected chi connectivity index (χ2v) is 8.61. The molecule has 1 heterocycles. The summed E-state index contributed by atoms with van der Waals surface area (Å²) in [4.78, 5) is 4.02. The fourth-order valence-electron chi connectivity index (χ4n) is 2.74. The molecule has 1 aromatic heterocycles. The van der Waals surface area contributed by atoms with Crippen molar-refractivity contribution in [2.45, 2.75) is 76.0 Å². The van der Waals surface area contributed by atoms with Gasteiger partial charge in [0.05, 0.1) is 17.8 Å². The van der Waals surface area contributed by atoms with Crippen LogP contribution in [0.4, 0.5) is 0 Å². The van der Waals surface area contributed by atoms with E-state index in [1.165, 1.54) is 51.4 Å². The molecule has 0 bridgehead atoms. The topological polar surface area (TPSA) is 61.2 Å². The third-order valence-corrected chi connectivity index (χ3v) is 5.73. The molecule has 0 N–H and O–H groups in total. The van der Waals surface area contributed by atoms with Crippen molar-refractivity contribution >= 4 is 10.1 Å². The van der Waals surface area contributed by atoms with Crippen molar-refractivity contribution in [3.63, 3.8) is 0 Å². The lowest BCUT2D eigenvalue weighted by molar-refractivity contribution is 0.306. The summed E-state index contributed by atoms with van der Waals surface area (Å²) < 4.78 is 30.7. The Morgan fingerprint density at radius 1 is 0.893 bits per heavy atom. The van der Waals surface area contributed by atoms with E-state index in [0.717, 1.165) is 12.8 Å². The molecule has 0 aliphatic rings. The van der Waals surface area contributed by atoms with Crippen LogP contribution in [0.1, 0.15) is 71.1 Å². The van der Waals surface area contributed by atoms with Gasteiger partial charge >= 0.3 is 0 Å². The molecular formula is C22H36N2O3S. The van der Waals surface area contributed by atoms with E-state index in [1.807, 2.05) is 17.8 Å². The number of rotatable bonds is 13. The van der Waals surface area contributed by atoms with E-state index in [9.17, 15) is 8.42 Å². The van der Waals surface area contributed by atoms with Gasteiger partial charge in [-0.3, -0.25) is 4.18 Å². The van der Waals surface area contributed by atoms with Crippen molar-refractivity contribution in [3.8, 4) is 0 Å². The van der Waals surface area contributed by atoms with Crippen LogP contribution in [0.25, 0.3) is 0 Å². The standard InChI is InChI=1S/C18H30O3S.C4H6N2/c1-2-3-4-5-6-7-8-9-10-14-17-21-22(19,20)18-15-12-11-13-16-18;1-6-3-2-5-4-6/h11-13,15-16H,2-10,14,17H2,1H3;2-4H,1H3. The first kappa shape index (κ1) is 24.4. The summed E-state index contributed by atoms with van der Waals surface area (Å²) in [7, 11) is -1.63. The van der Waals surface area contributed by atoms with E-state index < -0.39 is 10.1 Å². The third kappa shape index (κ3) is 11.9. The quantitative estimate of drug-likeness (QED) is 0.313. The summed E-state index contributed by atoms with van der Waals surface area (Å²) in [6.45, 7) is 2.52. The van der Waals surface area contributed by atoms with Gasteiger partial charge in [-0.2, -0.15) is 8.42 Å². The Bertz CT molecular complexity index is 686. The number of benzene rings is 1. The molecule has 2 rings (SSSR count). The van der Waals surface area contributed by atoms with Crippen molar-refractivity contribution in [1.82, 2.24) is 9.55 Å². The SMILES string of the molecule is CCCCCCCCCCCCOS(=O)(=O)c1ccccc1.Cn1ccnc1. The molecule has 28 heavy (non-hydrogen) atoms. The third-order valence-electron chi connectivity index (χ3n) is 4.40. The fraction of sp³-hybridized carbons (Fsp3) is 0.591. The highest BCUT2D eigenvalue weighted by atomic mass is 32.2. The molecule has 5 nitrogen and oxygen atoms in total. The van der Waals surface area contributed by atoms with Gasteiger partial charge in [0.2, 0.25) is 0 Å². The minimum Gasteiger partial charge on any atom is -0.341 e. The lowest BCUT2D eigenvalue weighted by atomic mass is 10.1. The van der Waals surface area contributed by atoms with E-state index in [2.05, 4.69) is 11.9 Å². The smallest absolute Gasteiger partial charge is 0.296 e. The predicted molar refractivity (Wildman–Crippen MR) is 115 cm³/mol. The van der Waals surface area contributed by atoms with Gasteiger partial charge in [-0.05, 0) is 18.6 Å². The predicted octanol–water partition coefficient (Wildman–Crippen LogP) is 5.73. The summed E-state index contributed by atoms with van der Waals surface area (Å²) in [6, 6.07) is 8.33. The highest BCUT2D eigenvalue weighted by molar-refractivity contribution is 7.86. The van der Waals surface area contributed by atoms with Gasteiger partial charge in [0, 0.05) is 19.4 Å². The molecule has 0 aliphatic carbocycles. The summed E-state index contributed by atoms with van der Waals surface area (Å²) in [5.74, 6) is 0. The maximum absolute atomic E-state index is 11.9. The van der Waals surface area contributed by atoms with Gasteiger partial charge in [-0.15, -0.1) is 0 Å². The molecule has 0 unspecified atom stereocenters. The number of aryl methyl sites for hydroxylation is 1. The summed E-state index contributed by atoms with van der Waals surface area (Å²) in [5.41, 5.74) is 0. The van der Waals surface area contributed by atoms with E-state index in [-0.39, 0.29) is 11.5 Å². The van der Waals surface area contributed by atoms with Crippen LogP contribution < -0.4 is 0 Å². The Morgan fingerprint density at radius 2 is 1.46 bits per heavy atom. The minimum absolute atomic E-state index is 0.238. The second kappa shape index (κ2) is 15.3. The number of unbranched alkanes of at least 4 members (excludes halogenated alkanes) is 9. The highest BCUT2D eigenvalue weighted by Gasteiger charge is 2.13. The second-order valence-electron chi connectivity index (χ2n) is 7.00. The number of hydrogen-bond donors (Lipinski definition) is 0. The molecule has 0 radical (unpaired) electrons. The molecule has 1 aromatic carbocycles. The lowest BCUT2D eigenvalue weighted by Gasteiger charge is -2.05. The Morgan fingerprint density at radius 3 is 1.93 bits per heavy atom. The Balaban J connectivity index is 0.000000552. The van der Waals surface area contributed by atoms with Crippen molar-refractivity contribution in [3.05, 3.63) is 49.1 Å². The van der Waals surface area contributed by atoms with Crippen LogP contribution in [-0.4, -0.2) is 24.6 Å². The van der Waals surface area contributed by atoms with E-state index in [1.54, 1.807) is 42.9 Å². The molecule has 6 heteroatoms. The summed E-state index contributed by atoms with van der Waals surface area (Å²) in [6.07, 6.45) is 17.7. The van der Waals surface area contributed by atoms with Gasteiger partial charge in [0.15, 0.2) is 0 Å². The Labute approximate surface area is 171 Å². The largest absolute Gasteiger partial charge is 0.341 e. The molecule has 158 valence electrons. The number of hydrogen-bond acceptors (Lipinski definition) is 4. The van der Waals surface area contributed by atoms with E-state index in [4.69, 9.17) is 4.18 Å². The van der Waals surface area contributed by atoms with Crippen LogP contribution in [0.3, 0.4) is 0 Å². The molecule has 2 aromatic rings. The fourth-order valence-corrected chi connectivity index (χ4v) is 3.70. The maximum Gasteiger partial charge on any atom is 0.296 e. The van der Waals surface area contributed by atoms with Gasteiger partial charge in [0.25, 0.3) is 10.1 Å². The first-order chi connectivity index (χ1) is 13.6. The average Bonchev–Trinajstić information content (AvgIpc) is 3.18. The van der Waals surface area contributed by atoms with Crippen LogP contribution in [-0.2, 0) is 21.3 Å². The lowest BCUT2D eigenvalue weighted by Crippen LogP contribution is -2.07. The van der Waals surface area contributed by atoms with E-state index >= 15 is 0 Å². The number of nitrogens with zero attached hydrogens (tertiary/aromatic N) is 2. The van der Waals surface area contributed by atoms with Gasteiger partial charge in [0.1, 0.15) is 0 Å². The zero-order valence-electron chi connectivity index (χ0n) is 17.4. The average molecular weight is 409 g/mol. The molecule has 0 aliphatic heterocycles. The normalized spacial score (nSPS) is 11.1. The molecule has 0 fully saturated rings. The molecule has 0 saturated heterocycles. The van der Waals surface area contributed by atoms with Crippen LogP contribution in [0.15, 0.2) is 53.9 Å². The van der Waals surface area contributed by atoms with Crippen molar-refractivity contribution in [1.29, 1.82) is 0 Å². The minimum atomic E-state index is -3.57. The molecule has 0 saturated carbocycles. The van der Waals surface area contributed by atoms with Crippen molar-refractivity contribution in [2.24, 2.45) is 7.05 Å². The van der Waals surface area contributed by atoms with Crippen LogP contribution in [0.5, 0.6) is 0 Å². The zero-order chi connectivity index (χ0) is 20.5. The number of aromatic nitrogens is 2. The van der Waals surface area contributed by atoms with E-state index in [0.29, 0.717) is 0 Å². The molecule has 0 spiro atoms. The maximum atomic E-state index is 11.9. The molecule has 0 atom stereocenters. The van der Waals surface area contributed by atoms with Crippen LogP contribution >= 0.6 is 0 Å². The van der Waals surface area contributed by atoms with Crippen molar-refractivity contribution in [2.75, 3.05) is 6.61 Å². The first-order valence-corrected chi connectivity index (χ1v) is 11.8. The zero-order valence-corrected chi connectivity index (χ0v) is 18.2. The highest BCUT2D eigenvalue weighted by Crippen LogP contribution is 2.13. The van der Waals surface area contributed by atoms with Crippen molar-refractivity contribution < 1.29 is 12.6 Å². The van der Waals surface area contributed by atoms with Gasteiger partial charge in [-0.25, -0.2) is 4.98 Å². The Kier molecular flexibility index (Phi) is 13.3. The van der Waals surface area contributed by atoms with Crippen LogP contribution in [0, 0.1) is 0 Å². The van der Waals surface area contributed by atoms with Gasteiger partial charge < -0.3 is 4.57 Å². The number of imidazole rings is 1. The molecular weight excluding hydrogens is 372 g/mol. The van der Waals surface area contributed by atoms with Crippen LogP contribution in [0.2, 0.25) is 0 Å². The summed E-state index contributed by atoms with van der Waals surface area (Å²) >= 11 is 0. The Hall–Kier alpha value is -1.66. The monoisotopic (exact) mass is 408 g/mol. The summed E-state index contributed by atoms with van der Waals surface area (Å²) in [5, 5.41) is 0.